The number of aromatic nitrogens is 2. The van der Waals surface area contributed by atoms with Gasteiger partial charge in [0.05, 0.1) is 23.9 Å². The quantitative estimate of drug-likeness (QED) is 0.657. The van der Waals surface area contributed by atoms with Crippen LogP contribution in [0.1, 0.15) is 11.3 Å². The Bertz CT molecular complexity index is 648. The SMILES string of the molecule is NNc1nc(-c2ccc(Cl)c(F)c2)nc2c1COCC2. The van der Waals surface area contributed by atoms with Crippen LogP contribution in [0.15, 0.2) is 18.2 Å². The summed E-state index contributed by atoms with van der Waals surface area (Å²) in [4.78, 5) is 8.78. The molecule has 1 aromatic heterocycles. The zero-order valence-corrected chi connectivity index (χ0v) is 11.2. The Hall–Kier alpha value is -1.76. The van der Waals surface area contributed by atoms with Gasteiger partial charge in [-0.05, 0) is 18.2 Å². The number of nitrogens with zero attached hydrogens (tertiary/aromatic N) is 2. The Kier molecular flexibility index (Phi) is 3.52. The smallest absolute Gasteiger partial charge is 0.161 e. The molecule has 2 heterocycles. The highest BCUT2D eigenvalue weighted by molar-refractivity contribution is 6.30. The molecule has 3 N–H and O–H groups in total. The van der Waals surface area contributed by atoms with Crippen LogP contribution in [0, 0.1) is 5.82 Å². The molecule has 0 saturated carbocycles. The summed E-state index contributed by atoms with van der Waals surface area (Å²) in [5.41, 5.74) is 4.80. The number of halogens is 2. The summed E-state index contributed by atoms with van der Waals surface area (Å²) < 4.78 is 18.9. The minimum atomic E-state index is -0.504. The lowest BCUT2D eigenvalue weighted by Gasteiger charge is -2.19. The van der Waals surface area contributed by atoms with Crippen molar-refractivity contribution in [1.82, 2.24) is 9.97 Å². The summed E-state index contributed by atoms with van der Waals surface area (Å²) in [6, 6.07) is 4.46. The Morgan fingerprint density at radius 1 is 1.35 bits per heavy atom. The van der Waals surface area contributed by atoms with Crippen molar-refractivity contribution in [2.45, 2.75) is 13.0 Å². The van der Waals surface area contributed by atoms with Crippen molar-refractivity contribution in [1.29, 1.82) is 0 Å². The highest BCUT2D eigenvalue weighted by Gasteiger charge is 2.18. The maximum Gasteiger partial charge on any atom is 0.161 e. The first-order chi connectivity index (χ1) is 9.69. The minimum absolute atomic E-state index is 0.0669. The molecule has 1 aliphatic heterocycles. The first-order valence-corrected chi connectivity index (χ1v) is 6.46. The van der Waals surface area contributed by atoms with Gasteiger partial charge in [-0.25, -0.2) is 20.2 Å². The van der Waals surface area contributed by atoms with Crippen molar-refractivity contribution in [2.75, 3.05) is 12.0 Å². The van der Waals surface area contributed by atoms with Gasteiger partial charge in [-0.2, -0.15) is 0 Å². The molecule has 0 saturated heterocycles. The number of rotatable bonds is 2. The van der Waals surface area contributed by atoms with E-state index in [0.29, 0.717) is 36.8 Å². The van der Waals surface area contributed by atoms with Gasteiger partial charge in [0.15, 0.2) is 5.82 Å². The third-order valence-electron chi connectivity index (χ3n) is 3.14. The van der Waals surface area contributed by atoms with Crippen molar-refractivity contribution in [3.63, 3.8) is 0 Å². The molecule has 1 aliphatic rings. The number of anilines is 1. The average molecular weight is 295 g/mol. The molecule has 20 heavy (non-hydrogen) atoms. The third-order valence-corrected chi connectivity index (χ3v) is 3.44. The Balaban J connectivity index is 2.11. The predicted octanol–water partition coefficient (Wildman–Crippen LogP) is 2.29. The fourth-order valence-electron chi connectivity index (χ4n) is 2.12. The largest absolute Gasteiger partial charge is 0.376 e. The third kappa shape index (κ3) is 2.33. The number of ether oxygens (including phenoxy) is 1. The molecule has 0 radical (unpaired) electrons. The zero-order valence-electron chi connectivity index (χ0n) is 10.5. The molecule has 3 rings (SSSR count). The molecule has 0 fully saturated rings. The molecule has 0 aliphatic carbocycles. The molecular weight excluding hydrogens is 283 g/mol. The second kappa shape index (κ2) is 5.32. The lowest BCUT2D eigenvalue weighted by molar-refractivity contribution is 0.109. The molecule has 1 aromatic carbocycles. The number of hydrazine groups is 1. The highest BCUT2D eigenvalue weighted by atomic mass is 35.5. The van der Waals surface area contributed by atoms with Crippen LogP contribution < -0.4 is 11.3 Å². The van der Waals surface area contributed by atoms with Crippen molar-refractivity contribution in [2.24, 2.45) is 5.84 Å². The van der Waals surface area contributed by atoms with Gasteiger partial charge < -0.3 is 10.2 Å². The number of hydrogen-bond donors (Lipinski definition) is 2. The molecule has 0 spiro atoms. The molecule has 0 unspecified atom stereocenters. The fourth-order valence-corrected chi connectivity index (χ4v) is 2.23. The van der Waals surface area contributed by atoms with E-state index in [4.69, 9.17) is 22.2 Å². The van der Waals surface area contributed by atoms with Crippen LogP contribution in [-0.4, -0.2) is 16.6 Å². The van der Waals surface area contributed by atoms with Gasteiger partial charge in [0, 0.05) is 17.5 Å². The van der Waals surface area contributed by atoms with E-state index in [0.717, 1.165) is 11.3 Å². The standard InChI is InChI=1S/C13H12ClFN4O/c14-9-2-1-7(5-10(9)15)12-17-11-3-4-20-6-8(11)13(18-12)19-16/h1-2,5H,3-4,6,16H2,(H,17,18,19). The van der Waals surface area contributed by atoms with Crippen molar-refractivity contribution >= 4 is 17.4 Å². The first-order valence-electron chi connectivity index (χ1n) is 6.08. The number of nitrogens with one attached hydrogen (secondary N) is 1. The molecule has 0 atom stereocenters. The second-order valence-electron chi connectivity index (χ2n) is 4.40. The Morgan fingerprint density at radius 3 is 2.95 bits per heavy atom. The zero-order chi connectivity index (χ0) is 14.1. The molecule has 7 heteroatoms. The Morgan fingerprint density at radius 2 is 2.20 bits per heavy atom. The van der Waals surface area contributed by atoms with Gasteiger partial charge in [0.2, 0.25) is 0 Å². The molecular formula is C13H12ClFN4O. The summed E-state index contributed by atoms with van der Waals surface area (Å²) in [6.07, 6.45) is 0.676. The van der Waals surface area contributed by atoms with Crippen molar-refractivity contribution < 1.29 is 9.13 Å². The summed E-state index contributed by atoms with van der Waals surface area (Å²) in [5.74, 6) is 5.89. The van der Waals surface area contributed by atoms with Gasteiger partial charge in [0.1, 0.15) is 11.6 Å². The first kappa shape index (κ1) is 13.2. The van der Waals surface area contributed by atoms with E-state index < -0.39 is 5.82 Å². The summed E-state index contributed by atoms with van der Waals surface area (Å²) >= 11 is 5.68. The van der Waals surface area contributed by atoms with Crippen LogP contribution >= 0.6 is 11.6 Å². The van der Waals surface area contributed by atoms with Gasteiger partial charge >= 0.3 is 0 Å². The maximum absolute atomic E-state index is 13.5. The average Bonchev–Trinajstić information content (AvgIpc) is 2.49. The van der Waals surface area contributed by atoms with E-state index in [-0.39, 0.29) is 5.02 Å². The van der Waals surface area contributed by atoms with Gasteiger partial charge in [-0.1, -0.05) is 11.6 Å². The number of nitrogen functional groups attached to an aromatic ring is 1. The van der Waals surface area contributed by atoms with E-state index in [1.807, 2.05) is 0 Å². The van der Waals surface area contributed by atoms with E-state index in [2.05, 4.69) is 15.4 Å². The van der Waals surface area contributed by atoms with Crippen molar-refractivity contribution in [3.05, 3.63) is 40.3 Å². The monoisotopic (exact) mass is 294 g/mol. The van der Waals surface area contributed by atoms with E-state index in [9.17, 15) is 4.39 Å². The normalized spacial score (nSPS) is 13.9. The predicted molar refractivity (Wildman–Crippen MR) is 73.6 cm³/mol. The van der Waals surface area contributed by atoms with Crippen LogP contribution in [0.5, 0.6) is 0 Å². The molecule has 104 valence electrons. The van der Waals surface area contributed by atoms with Crippen molar-refractivity contribution in [3.8, 4) is 11.4 Å². The lowest BCUT2D eigenvalue weighted by atomic mass is 10.1. The maximum atomic E-state index is 13.5. The van der Waals surface area contributed by atoms with Crippen LogP contribution in [-0.2, 0) is 17.8 Å². The lowest BCUT2D eigenvalue weighted by Crippen LogP contribution is -2.19. The number of fused-ring (bicyclic) bond motifs is 1. The van der Waals surface area contributed by atoms with Gasteiger partial charge in [0.25, 0.3) is 0 Å². The molecule has 0 bridgehead atoms. The summed E-state index contributed by atoms with van der Waals surface area (Å²) in [6.45, 7) is 1.02. The van der Waals surface area contributed by atoms with Crippen LogP contribution in [0.25, 0.3) is 11.4 Å². The number of benzene rings is 1. The van der Waals surface area contributed by atoms with E-state index in [1.165, 1.54) is 12.1 Å². The number of hydrogen-bond acceptors (Lipinski definition) is 5. The number of nitrogens with two attached hydrogens (primary N) is 1. The highest BCUT2D eigenvalue weighted by Crippen LogP contribution is 2.27. The van der Waals surface area contributed by atoms with Crippen LogP contribution in [0.2, 0.25) is 5.02 Å². The van der Waals surface area contributed by atoms with E-state index >= 15 is 0 Å². The van der Waals surface area contributed by atoms with Gasteiger partial charge in [-0.3, -0.25) is 0 Å². The molecule has 2 aromatic rings. The molecule has 0 amide bonds. The minimum Gasteiger partial charge on any atom is -0.376 e. The van der Waals surface area contributed by atoms with Crippen LogP contribution in [0.3, 0.4) is 0 Å². The topological polar surface area (TPSA) is 73.1 Å². The van der Waals surface area contributed by atoms with Crippen LogP contribution in [0.4, 0.5) is 10.2 Å². The fraction of sp³-hybridized carbons (Fsp3) is 0.231. The van der Waals surface area contributed by atoms with Gasteiger partial charge in [-0.15, -0.1) is 0 Å². The Labute approximate surface area is 119 Å². The second-order valence-corrected chi connectivity index (χ2v) is 4.80. The van der Waals surface area contributed by atoms with E-state index in [1.54, 1.807) is 6.07 Å². The summed E-state index contributed by atoms with van der Waals surface area (Å²) in [7, 11) is 0. The molecule has 5 nitrogen and oxygen atoms in total. The summed E-state index contributed by atoms with van der Waals surface area (Å²) in [5, 5.41) is 0.0669.